The molecule has 0 aliphatic rings. The number of anilines is 1. The SMILES string of the molecule is CC(CC(N)=O)c1ccc(NC(=O)c2cc3c(cnn3C)[nH]c2=O)cc1. The first-order valence-electron chi connectivity index (χ1n) is 8.10. The molecular weight excluding hydrogens is 334 g/mol. The van der Waals surface area contributed by atoms with E-state index >= 15 is 0 Å². The lowest BCUT2D eigenvalue weighted by Crippen LogP contribution is -2.23. The molecule has 0 saturated carbocycles. The van der Waals surface area contributed by atoms with Crippen LogP contribution in [0.15, 0.2) is 41.3 Å². The summed E-state index contributed by atoms with van der Waals surface area (Å²) in [5.41, 5.74) is 7.46. The third-order valence-corrected chi connectivity index (χ3v) is 4.25. The molecule has 2 aromatic heterocycles. The number of aromatic nitrogens is 3. The molecule has 0 bridgehead atoms. The van der Waals surface area contributed by atoms with E-state index in [9.17, 15) is 14.4 Å². The first kappa shape index (κ1) is 17.4. The average molecular weight is 353 g/mol. The second-order valence-electron chi connectivity index (χ2n) is 6.23. The van der Waals surface area contributed by atoms with Crippen molar-refractivity contribution in [3.8, 4) is 0 Å². The summed E-state index contributed by atoms with van der Waals surface area (Å²) in [7, 11) is 1.73. The van der Waals surface area contributed by atoms with E-state index in [2.05, 4.69) is 15.4 Å². The minimum Gasteiger partial charge on any atom is -0.370 e. The van der Waals surface area contributed by atoms with Gasteiger partial charge in [0, 0.05) is 19.2 Å². The van der Waals surface area contributed by atoms with E-state index in [1.54, 1.807) is 23.9 Å². The van der Waals surface area contributed by atoms with Crippen molar-refractivity contribution in [3.05, 3.63) is 58.0 Å². The Hall–Kier alpha value is -3.42. The van der Waals surface area contributed by atoms with Gasteiger partial charge in [0.15, 0.2) is 0 Å². The van der Waals surface area contributed by atoms with E-state index in [1.165, 1.54) is 12.3 Å². The Morgan fingerprint density at radius 3 is 2.65 bits per heavy atom. The molecule has 3 rings (SSSR count). The van der Waals surface area contributed by atoms with Gasteiger partial charge in [-0.3, -0.25) is 19.1 Å². The van der Waals surface area contributed by atoms with Gasteiger partial charge in [0.05, 0.1) is 17.2 Å². The van der Waals surface area contributed by atoms with Crippen LogP contribution in [-0.4, -0.2) is 26.6 Å². The van der Waals surface area contributed by atoms with Crippen LogP contribution in [0.1, 0.15) is 35.2 Å². The fourth-order valence-corrected chi connectivity index (χ4v) is 2.79. The fourth-order valence-electron chi connectivity index (χ4n) is 2.79. The number of amides is 2. The Labute approximate surface area is 149 Å². The monoisotopic (exact) mass is 353 g/mol. The van der Waals surface area contributed by atoms with Crippen molar-refractivity contribution in [2.45, 2.75) is 19.3 Å². The number of fused-ring (bicyclic) bond motifs is 1. The Bertz CT molecular complexity index is 1030. The summed E-state index contributed by atoms with van der Waals surface area (Å²) in [6.45, 7) is 1.90. The number of hydrogen-bond acceptors (Lipinski definition) is 4. The molecule has 2 heterocycles. The first-order valence-corrected chi connectivity index (χ1v) is 8.10. The number of rotatable bonds is 5. The summed E-state index contributed by atoms with van der Waals surface area (Å²) in [6.07, 6.45) is 1.79. The smallest absolute Gasteiger partial charge is 0.261 e. The van der Waals surface area contributed by atoms with Crippen LogP contribution in [0.5, 0.6) is 0 Å². The maximum atomic E-state index is 12.5. The number of aromatic amines is 1. The molecule has 1 atom stereocenters. The summed E-state index contributed by atoms with van der Waals surface area (Å²) in [6, 6.07) is 8.60. The summed E-state index contributed by atoms with van der Waals surface area (Å²) in [4.78, 5) is 38.2. The van der Waals surface area contributed by atoms with E-state index in [0.29, 0.717) is 16.7 Å². The van der Waals surface area contributed by atoms with Crippen molar-refractivity contribution in [1.29, 1.82) is 0 Å². The number of aryl methyl sites for hydroxylation is 1. The highest BCUT2D eigenvalue weighted by Crippen LogP contribution is 2.21. The van der Waals surface area contributed by atoms with Gasteiger partial charge in [-0.25, -0.2) is 0 Å². The second kappa shape index (κ2) is 6.83. The molecule has 4 N–H and O–H groups in total. The molecule has 0 fully saturated rings. The third kappa shape index (κ3) is 3.49. The third-order valence-electron chi connectivity index (χ3n) is 4.25. The number of carbonyl (C=O) groups is 2. The average Bonchev–Trinajstić information content (AvgIpc) is 2.94. The minimum atomic E-state index is -0.507. The van der Waals surface area contributed by atoms with Gasteiger partial charge in [-0.2, -0.15) is 5.10 Å². The maximum absolute atomic E-state index is 12.5. The molecule has 8 nitrogen and oxygen atoms in total. The van der Waals surface area contributed by atoms with Crippen molar-refractivity contribution < 1.29 is 9.59 Å². The van der Waals surface area contributed by atoms with Crippen LogP contribution in [0.25, 0.3) is 11.0 Å². The standard InChI is InChI=1S/C18H19N5O3/c1-10(7-16(19)24)11-3-5-12(6-4-11)21-17(25)13-8-15-14(22-18(13)26)9-20-23(15)2/h3-6,8-10H,7H2,1-2H3,(H2,19,24)(H,21,25)(H,22,26). The number of pyridine rings is 1. The van der Waals surface area contributed by atoms with Crippen LogP contribution < -0.4 is 16.6 Å². The Kier molecular flexibility index (Phi) is 4.57. The molecule has 0 aliphatic heterocycles. The van der Waals surface area contributed by atoms with E-state index in [-0.39, 0.29) is 23.8 Å². The molecule has 26 heavy (non-hydrogen) atoms. The number of nitrogens with two attached hydrogens (primary N) is 1. The summed E-state index contributed by atoms with van der Waals surface area (Å²) in [5, 5.41) is 6.75. The van der Waals surface area contributed by atoms with Gasteiger partial charge in [-0.1, -0.05) is 19.1 Å². The predicted octanol–water partition coefficient (Wildman–Crippen LogP) is 1.49. The van der Waals surface area contributed by atoms with Gasteiger partial charge < -0.3 is 16.0 Å². The topological polar surface area (TPSA) is 123 Å². The molecule has 8 heteroatoms. The number of primary amides is 1. The van der Waals surface area contributed by atoms with Gasteiger partial charge in [-0.15, -0.1) is 0 Å². The zero-order valence-electron chi connectivity index (χ0n) is 14.4. The highest BCUT2D eigenvalue weighted by molar-refractivity contribution is 6.05. The van der Waals surface area contributed by atoms with Crippen LogP contribution in [0.2, 0.25) is 0 Å². The summed E-state index contributed by atoms with van der Waals surface area (Å²) in [5.74, 6) is -0.876. The largest absolute Gasteiger partial charge is 0.370 e. The van der Waals surface area contributed by atoms with E-state index in [1.807, 2.05) is 19.1 Å². The molecular formula is C18H19N5O3. The quantitative estimate of drug-likeness (QED) is 0.643. The first-order chi connectivity index (χ1) is 12.3. The van der Waals surface area contributed by atoms with Crippen LogP contribution in [0.3, 0.4) is 0 Å². The van der Waals surface area contributed by atoms with Crippen molar-refractivity contribution in [2.75, 3.05) is 5.32 Å². The highest BCUT2D eigenvalue weighted by atomic mass is 16.2. The molecule has 1 aromatic carbocycles. The van der Waals surface area contributed by atoms with Gasteiger partial charge in [0.1, 0.15) is 5.56 Å². The highest BCUT2D eigenvalue weighted by Gasteiger charge is 2.14. The zero-order chi connectivity index (χ0) is 18.8. The molecule has 0 spiro atoms. The summed E-state index contributed by atoms with van der Waals surface area (Å²) < 4.78 is 1.58. The number of benzene rings is 1. The number of H-pyrrole nitrogens is 1. The lowest BCUT2D eigenvalue weighted by molar-refractivity contribution is -0.118. The zero-order valence-corrected chi connectivity index (χ0v) is 14.4. The number of nitrogens with one attached hydrogen (secondary N) is 2. The van der Waals surface area contributed by atoms with Crippen molar-refractivity contribution in [2.24, 2.45) is 12.8 Å². The lowest BCUT2D eigenvalue weighted by atomic mass is 9.97. The molecule has 2 amide bonds. The fraction of sp³-hybridized carbons (Fsp3) is 0.222. The van der Waals surface area contributed by atoms with Gasteiger partial charge in [0.2, 0.25) is 5.91 Å². The second-order valence-corrected chi connectivity index (χ2v) is 6.23. The van der Waals surface area contributed by atoms with Gasteiger partial charge >= 0.3 is 0 Å². The van der Waals surface area contributed by atoms with Crippen molar-refractivity contribution >= 4 is 28.5 Å². The van der Waals surface area contributed by atoms with Crippen LogP contribution >= 0.6 is 0 Å². The summed E-state index contributed by atoms with van der Waals surface area (Å²) >= 11 is 0. The number of nitrogens with zero attached hydrogens (tertiary/aromatic N) is 2. The lowest BCUT2D eigenvalue weighted by Gasteiger charge is -2.11. The molecule has 3 aromatic rings. The van der Waals surface area contributed by atoms with Gasteiger partial charge in [-0.05, 0) is 29.7 Å². The van der Waals surface area contributed by atoms with Crippen molar-refractivity contribution in [3.63, 3.8) is 0 Å². The van der Waals surface area contributed by atoms with Crippen LogP contribution in [-0.2, 0) is 11.8 Å². The number of hydrogen-bond donors (Lipinski definition) is 3. The van der Waals surface area contributed by atoms with E-state index < -0.39 is 11.5 Å². The van der Waals surface area contributed by atoms with E-state index in [0.717, 1.165) is 5.56 Å². The Balaban J connectivity index is 1.80. The van der Waals surface area contributed by atoms with Crippen LogP contribution in [0.4, 0.5) is 5.69 Å². The molecule has 0 radical (unpaired) electrons. The Morgan fingerprint density at radius 2 is 2.00 bits per heavy atom. The Morgan fingerprint density at radius 1 is 1.31 bits per heavy atom. The molecule has 0 aliphatic carbocycles. The molecule has 134 valence electrons. The van der Waals surface area contributed by atoms with E-state index in [4.69, 9.17) is 5.73 Å². The molecule has 0 saturated heterocycles. The van der Waals surface area contributed by atoms with Gasteiger partial charge in [0.25, 0.3) is 11.5 Å². The number of carbonyl (C=O) groups excluding carboxylic acids is 2. The van der Waals surface area contributed by atoms with Crippen molar-refractivity contribution in [1.82, 2.24) is 14.8 Å². The maximum Gasteiger partial charge on any atom is 0.261 e. The van der Waals surface area contributed by atoms with Crippen LogP contribution in [0, 0.1) is 0 Å². The molecule has 1 unspecified atom stereocenters. The normalized spacial score (nSPS) is 12.1. The minimum absolute atomic E-state index is 0.00673. The predicted molar refractivity (Wildman–Crippen MR) is 98.0 cm³/mol.